The molecular formula is C14H21N3O. The van der Waals surface area contributed by atoms with Crippen molar-refractivity contribution in [2.24, 2.45) is 11.7 Å². The summed E-state index contributed by atoms with van der Waals surface area (Å²) in [6.07, 6.45) is 3.76. The van der Waals surface area contributed by atoms with Crippen LogP contribution in [0, 0.1) is 12.8 Å². The quantitative estimate of drug-likeness (QED) is 0.863. The standard InChI is InChI=1S/C14H21N3O/c1-10-4-6-17(13(7-10)9-15)14(18)12-3-5-16-11(2)8-12/h3,5,8,10,13H,4,6-7,9,15H2,1-2H3. The zero-order valence-electron chi connectivity index (χ0n) is 11.1. The molecule has 2 rings (SSSR count). The Bertz CT molecular complexity index is 433. The lowest BCUT2D eigenvalue weighted by Crippen LogP contribution is -2.49. The van der Waals surface area contributed by atoms with Gasteiger partial charge in [0.1, 0.15) is 0 Å². The maximum Gasteiger partial charge on any atom is 0.254 e. The summed E-state index contributed by atoms with van der Waals surface area (Å²) in [5, 5.41) is 0. The predicted octanol–water partition coefficient (Wildman–Crippen LogP) is 1.59. The highest BCUT2D eigenvalue weighted by molar-refractivity contribution is 5.94. The van der Waals surface area contributed by atoms with Crippen molar-refractivity contribution in [3.8, 4) is 0 Å². The Kier molecular flexibility index (Phi) is 3.97. The number of likely N-dealkylation sites (tertiary alicyclic amines) is 1. The first-order valence-electron chi connectivity index (χ1n) is 6.55. The minimum absolute atomic E-state index is 0.0860. The summed E-state index contributed by atoms with van der Waals surface area (Å²) in [4.78, 5) is 18.5. The van der Waals surface area contributed by atoms with E-state index in [1.54, 1.807) is 12.3 Å². The molecule has 1 amide bonds. The number of nitrogens with two attached hydrogens (primary N) is 1. The summed E-state index contributed by atoms with van der Waals surface area (Å²) >= 11 is 0. The van der Waals surface area contributed by atoms with Gasteiger partial charge >= 0.3 is 0 Å². The van der Waals surface area contributed by atoms with Crippen molar-refractivity contribution in [2.75, 3.05) is 13.1 Å². The van der Waals surface area contributed by atoms with E-state index in [0.29, 0.717) is 12.5 Å². The van der Waals surface area contributed by atoms with Crippen LogP contribution in [0.1, 0.15) is 35.8 Å². The summed E-state index contributed by atoms with van der Waals surface area (Å²) in [5.74, 6) is 0.740. The fraction of sp³-hybridized carbons (Fsp3) is 0.571. The van der Waals surface area contributed by atoms with E-state index < -0.39 is 0 Å². The second-order valence-corrected chi connectivity index (χ2v) is 5.20. The van der Waals surface area contributed by atoms with Crippen molar-refractivity contribution in [1.29, 1.82) is 0 Å². The van der Waals surface area contributed by atoms with Crippen LogP contribution in [-0.4, -0.2) is 34.9 Å². The van der Waals surface area contributed by atoms with E-state index in [9.17, 15) is 4.79 Å². The normalized spacial score (nSPS) is 24.1. The molecule has 1 aromatic heterocycles. The van der Waals surface area contributed by atoms with Gasteiger partial charge in [-0.3, -0.25) is 9.78 Å². The van der Waals surface area contributed by atoms with Gasteiger partial charge in [-0.1, -0.05) is 6.92 Å². The molecule has 4 nitrogen and oxygen atoms in total. The Morgan fingerprint density at radius 3 is 3.06 bits per heavy atom. The topological polar surface area (TPSA) is 59.2 Å². The molecule has 2 unspecified atom stereocenters. The summed E-state index contributed by atoms with van der Waals surface area (Å²) in [6.45, 7) is 5.47. The van der Waals surface area contributed by atoms with Crippen LogP contribution in [0.4, 0.5) is 0 Å². The van der Waals surface area contributed by atoms with E-state index in [2.05, 4.69) is 11.9 Å². The SMILES string of the molecule is Cc1cc(C(=O)N2CCC(C)CC2CN)ccn1. The Morgan fingerprint density at radius 2 is 2.39 bits per heavy atom. The first kappa shape index (κ1) is 13.0. The molecule has 0 radical (unpaired) electrons. The number of carbonyl (C=O) groups is 1. The number of hydrogen-bond donors (Lipinski definition) is 1. The van der Waals surface area contributed by atoms with Gasteiger partial charge in [0.25, 0.3) is 5.91 Å². The molecule has 0 aromatic carbocycles. The number of aromatic nitrogens is 1. The minimum Gasteiger partial charge on any atom is -0.334 e. The molecule has 4 heteroatoms. The van der Waals surface area contributed by atoms with Gasteiger partial charge in [0.05, 0.1) is 0 Å². The maximum atomic E-state index is 12.5. The molecule has 0 spiro atoms. The lowest BCUT2D eigenvalue weighted by molar-refractivity contribution is 0.0573. The van der Waals surface area contributed by atoms with Gasteiger partial charge in [-0.25, -0.2) is 0 Å². The van der Waals surface area contributed by atoms with E-state index in [0.717, 1.165) is 30.6 Å². The molecule has 1 saturated heterocycles. The number of aryl methyl sites for hydroxylation is 1. The Labute approximate surface area is 108 Å². The molecule has 2 heterocycles. The van der Waals surface area contributed by atoms with Crippen LogP contribution >= 0.6 is 0 Å². The van der Waals surface area contributed by atoms with Crippen LogP contribution in [0.3, 0.4) is 0 Å². The smallest absolute Gasteiger partial charge is 0.254 e. The lowest BCUT2D eigenvalue weighted by Gasteiger charge is -2.38. The molecule has 18 heavy (non-hydrogen) atoms. The van der Waals surface area contributed by atoms with Gasteiger partial charge in [-0.15, -0.1) is 0 Å². The van der Waals surface area contributed by atoms with Crippen molar-refractivity contribution in [3.63, 3.8) is 0 Å². The summed E-state index contributed by atoms with van der Waals surface area (Å²) in [7, 11) is 0. The molecule has 98 valence electrons. The second-order valence-electron chi connectivity index (χ2n) is 5.20. The van der Waals surface area contributed by atoms with E-state index in [-0.39, 0.29) is 11.9 Å². The monoisotopic (exact) mass is 247 g/mol. The molecule has 1 aliphatic heterocycles. The first-order valence-corrected chi connectivity index (χ1v) is 6.55. The van der Waals surface area contributed by atoms with Gasteiger partial charge in [0.2, 0.25) is 0 Å². The van der Waals surface area contributed by atoms with Crippen LogP contribution in [-0.2, 0) is 0 Å². The van der Waals surface area contributed by atoms with Crippen LogP contribution < -0.4 is 5.73 Å². The summed E-state index contributed by atoms with van der Waals surface area (Å²) in [6, 6.07) is 3.80. The lowest BCUT2D eigenvalue weighted by atomic mass is 9.92. The zero-order valence-corrected chi connectivity index (χ0v) is 11.1. The molecule has 0 aliphatic carbocycles. The fourth-order valence-corrected chi connectivity index (χ4v) is 2.59. The number of rotatable bonds is 2. The maximum absolute atomic E-state index is 12.5. The number of hydrogen-bond acceptors (Lipinski definition) is 3. The number of carbonyl (C=O) groups excluding carboxylic acids is 1. The number of amides is 1. The van der Waals surface area contributed by atoms with Crippen molar-refractivity contribution in [1.82, 2.24) is 9.88 Å². The zero-order chi connectivity index (χ0) is 13.1. The van der Waals surface area contributed by atoms with Gasteiger partial charge in [-0.2, -0.15) is 0 Å². The van der Waals surface area contributed by atoms with Crippen molar-refractivity contribution in [2.45, 2.75) is 32.7 Å². The van der Waals surface area contributed by atoms with Gasteiger partial charge in [0, 0.05) is 36.6 Å². The second kappa shape index (κ2) is 5.48. The minimum atomic E-state index is 0.0860. The number of pyridine rings is 1. The van der Waals surface area contributed by atoms with Crippen molar-refractivity contribution < 1.29 is 4.79 Å². The third-order valence-electron chi connectivity index (χ3n) is 3.65. The molecule has 1 aliphatic rings. The highest BCUT2D eigenvalue weighted by atomic mass is 16.2. The van der Waals surface area contributed by atoms with E-state index in [1.165, 1.54) is 0 Å². The van der Waals surface area contributed by atoms with Crippen molar-refractivity contribution in [3.05, 3.63) is 29.6 Å². The highest BCUT2D eigenvalue weighted by Crippen LogP contribution is 2.23. The van der Waals surface area contributed by atoms with Gasteiger partial charge < -0.3 is 10.6 Å². The molecular weight excluding hydrogens is 226 g/mol. The largest absolute Gasteiger partial charge is 0.334 e. The summed E-state index contributed by atoms with van der Waals surface area (Å²) < 4.78 is 0. The molecule has 0 saturated carbocycles. The van der Waals surface area contributed by atoms with Crippen LogP contribution in [0.2, 0.25) is 0 Å². The fourth-order valence-electron chi connectivity index (χ4n) is 2.59. The predicted molar refractivity (Wildman–Crippen MR) is 71.3 cm³/mol. The molecule has 2 atom stereocenters. The van der Waals surface area contributed by atoms with Crippen LogP contribution in [0.25, 0.3) is 0 Å². The van der Waals surface area contributed by atoms with Gasteiger partial charge in [0.15, 0.2) is 0 Å². The average molecular weight is 247 g/mol. The molecule has 0 bridgehead atoms. The first-order chi connectivity index (χ1) is 8.61. The third kappa shape index (κ3) is 2.70. The molecule has 2 N–H and O–H groups in total. The van der Waals surface area contributed by atoms with E-state index >= 15 is 0 Å². The Balaban J connectivity index is 2.17. The highest BCUT2D eigenvalue weighted by Gasteiger charge is 2.29. The van der Waals surface area contributed by atoms with Gasteiger partial charge in [-0.05, 0) is 37.8 Å². The number of piperidine rings is 1. The van der Waals surface area contributed by atoms with E-state index in [1.807, 2.05) is 17.9 Å². The Morgan fingerprint density at radius 1 is 1.61 bits per heavy atom. The third-order valence-corrected chi connectivity index (χ3v) is 3.65. The molecule has 1 aromatic rings. The van der Waals surface area contributed by atoms with Crippen LogP contribution in [0.5, 0.6) is 0 Å². The number of nitrogens with zero attached hydrogens (tertiary/aromatic N) is 2. The average Bonchev–Trinajstić information content (AvgIpc) is 2.37. The molecule has 1 fully saturated rings. The van der Waals surface area contributed by atoms with Crippen LogP contribution in [0.15, 0.2) is 18.3 Å². The van der Waals surface area contributed by atoms with Crippen molar-refractivity contribution >= 4 is 5.91 Å². The summed E-state index contributed by atoms with van der Waals surface area (Å²) in [5.41, 5.74) is 7.38. The Hall–Kier alpha value is -1.42. The van der Waals surface area contributed by atoms with E-state index in [4.69, 9.17) is 5.73 Å².